The lowest BCUT2D eigenvalue weighted by Crippen LogP contribution is -2.15. The molecule has 0 saturated heterocycles. The van der Waals surface area contributed by atoms with E-state index in [9.17, 15) is 0 Å². The maximum atomic E-state index is 5.40. The molecule has 1 fully saturated rings. The molecular weight excluding hydrogens is 174 g/mol. The van der Waals surface area contributed by atoms with Gasteiger partial charge in [0.05, 0.1) is 0 Å². The van der Waals surface area contributed by atoms with Gasteiger partial charge < -0.3 is 10.1 Å². The van der Waals surface area contributed by atoms with E-state index in [0.29, 0.717) is 6.73 Å². The minimum atomic E-state index is 0.581. The van der Waals surface area contributed by atoms with Gasteiger partial charge in [-0.15, -0.1) is 0 Å². The van der Waals surface area contributed by atoms with Crippen molar-refractivity contribution in [2.45, 2.75) is 32.1 Å². The molecule has 0 heterocycles. The van der Waals surface area contributed by atoms with Gasteiger partial charge in [-0.2, -0.15) is 0 Å². The predicted molar refractivity (Wildman–Crippen MR) is 59.9 cm³/mol. The molecule has 1 aliphatic rings. The van der Waals surface area contributed by atoms with Crippen LogP contribution in [0.2, 0.25) is 0 Å². The summed E-state index contributed by atoms with van der Waals surface area (Å²) in [5, 5.41) is 2.92. The highest BCUT2D eigenvalue weighted by atomic mass is 16.5. The summed E-state index contributed by atoms with van der Waals surface area (Å²) in [7, 11) is 0. The van der Waals surface area contributed by atoms with Crippen LogP contribution in [-0.2, 0) is 4.74 Å². The molecule has 0 amide bonds. The molecular formula is C12H21NO. The van der Waals surface area contributed by atoms with Crippen LogP contribution < -0.4 is 5.32 Å². The minimum absolute atomic E-state index is 0.581. The lowest BCUT2D eigenvalue weighted by atomic mass is 9.84. The van der Waals surface area contributed by atoms with Gasteiger partial charge in [0.1, 0.15) is 6.73 Å². The first kappa shape index (κ1) is 11.3. The fourth-order valence-corrected chi connectivity index (χ4v) is 1.94. The topological polar surface area (TPSA) is 21.3 Å². The lowest BCUT2D eigenvalue weighted by molar-refractivity contribution is 0.109. The van der Waals surface area contributed by atoms with Crippen LogP contribution in [0.1, 0.15) is 32.1 Å². The summed E-state index contributed by atoms with van der Waals surface area (Å²) in [5.41, 5.74) is 1.42. The molecule has 0 spiro atoms. The number of allylic oxidation sites excluding steroid dienone is 1. The van der Waals surface area contributed by atoms with Gasteiger partial charge in [0, 0.05) is 6.61 Å². The number of hydrogen-bond acceptors (Lipinski definition) is 2. The zero-order chi connectivity index (χ0) is 10.2. The van der Waals surface area contributed by atoms with Crippen LogP contribution in [-0.4, -0.2) is 13.3 Å². The van der Waals surface area contributed by atoms with Gasteiger partial charge in [-0.3, -0.25) is 0 Å². The van der Waals surface area contributed by atoms with Crippen LogP contribution in [0.3, 0.4) is 0 Å². The van der Waals surface area contributed by atoms with Crippen LogP contribution in [0, 0.1) is 5.92 Å². The Morgan fingerprint density at radius 2 is 2.43 bits per heavy atom. The normalized spacial score (nSPS) is 22.0. The Balaban J connectivity index is 2.00. The van der Waals surface area contributed by atoms with Crippen LogP contribution in [0.5, 0.6) is 0 Å². The fourth-order valence-electron chi connectivity index (χ4n) is 1.94. The number of rotatable bonds is 6. The largest absolute Gasteiger partial charge is 0.369 e. The maximum absolute atomic E-state index is 5.40. The second-order valence-electron chi connectivity index (χ2n) is 3.96. The Morgan fingerprint density at radius 1 is 1.57 bits per heavy atom. The smallest absolute Gasteiger partial charge is 0.116 e. The monoisotopic (exact) mass is 195 g/mol. The Labute approximate surface area is 87.0 Å². The minimum Gasteiger partial charge on any atom is -0.369 e. The number of hydrogen-bond donors (Lipinski definition) is 1. The van der Waals surface area contributed by atoms with Gasteiger partial charge in [-0.05, 0) is 44.2 Å². The molecule has 0 aliphatic heterocycles. The van der Waals surface area contributed by atoms with Crippen molar-refractivity contribution >= 4 is 0 Å². The Hall–Kier alpha value is -0.760. The molecule has 2 heteroatoms. The highest BCUT2D eigenvalue weighted by Gasteiger charge is 2.15. The van der Waals surface area contributed by atoms with Gasteiger partial charge in [0.25, 0.3) is 0 Å². The van der Waals surface area contributed by atoms with Crippen molar-refractivity contribution in [3.8, 4) is 0 Å². The van der Waals surface area contributed by atoms with Crippen LogP contribution in [0.15, 0.2) is 24.9 Å². The summed E-state index contributed by atoms with van der Waals surface area (Å²) in [6.45, 7) is 9.04. The second-order valence-corrected chi connectivity index (χ2v) is 3.96. The van der Waals surface area contributed by atoms with Crippen molar-refractivity contribution in [1.82, 2.24) is 5.32 Å². The van der Waals surface area contributed by atoms with E-state index in [2.05, 4.69) is 18.5 Å². The molecule has 1 aliphatic carbocycles. The summed E-state index contributed by atoms with van der Waals surface area (Å²) in [6.07, 6.45) is 7.92. The molecule has 0 aromatic carbocycles. The van der Waals surface area contributed by atoms with Crippen molar-refractivity contribution in [2.75, 3.05) is 13.3 Å². The number of ether oxygens (including phenoxy) is 1. The van der Waals surface area contributed by atoms with Gasteiger partial charge >= 0.3 is 0 Å². The summed E-state index contributed by atoms with van der Waals surface area (Å²) >= 11 is 0. The molecule has 1 N–H and O–H groups in total. The molecule has 2 nitrogen and oxygen atoms in total. The molecule has 1 unspecified atom stereocenters. The SMILES string of the molecule is C=CNCOCCC1CCCC(=C)C1. The summed E-state index contributed by atoms with van der Waals surface area (Å²) in [4.78, 5) is 0. The van der Waals surface area contributed by atoms with E-state index >= 15 is 0 Å². The maximum Gasteiger partial charge on any atom is 0.116 e. The Bertz CT molecular complexity index is 189. The highest BCUT2D eigenvalue weighted by molar-refractivity contribution is 4.98. The van der Waals surface area contributed by atoms with Crippen molar-refractivity contribution in [3.63, 3.8) is 0 Å². The van der Waals surface area contributed by atoms with E-state index in [-0.39, 0.29) is 0 Å². The van der Waals surface area contributed by atoms with Gasteiger partial charge in [-0.25, -0.2) is 0 Å². The van der Waals surface area contributed by atoms with Crippen molar-refractivity contribution in [3.05, 3.63) is 24.9 Å². The molecule has 80 valence electrons. The van der Waals surface area contributed by atoms with E-state index < -0.39 is 0 Å². The van der Waals surface area contributed by atoms with Gasteiger partial charge in [0.2, 0.25) is 0 Å². The van der Waals surface area contributed by atoms with Crippen LogP contribution in [0.25, 0.3) is 0 Å². The zero-order valence-corrected chi connectivity index (χ0v) is 8.93. The highest BCUT2D eigenvalue weighted by Crippen LogP contribution is 2.29. The third-order valence-electron chi connectivity index (χ3n) is 2.72. The molecule has 1 rings (SSSR count). The summed E-state index contributed by atoms with van der Waals surface area (Å²) in [6, 6.07) is 0. The van der Waals surface area contributed by atoms with Crippen molar-refractivity contribution in [2.24, 2.45) is 5.92 Å². The average Bonchev–Trinajstić information content (AvgIpc) is 2.18. The quantitative estimate of drug-likeness (QED) is 0.400. The van der Waals surface area contributed by atoms with E-state index in [4.69, 9.17) is 4.74 Å². The second kappa shape index (κ2) is 6.66. The van der Waals surface area contributed by atoms with Gasteiger partial charge in [-0.1, -0.05) is 18.7 Å². The number of nitrogens with one attached hydrogen (secondary N) is 1. The summed E-state index contributed by atoms with van der Waals surface area (Å²) in [5.74, 6) is 0.806. The fraction of sp³-hybridized carbons (Fsp3) is 0.667. The Morgan fingerprint density at radius 3 is 3.14 bits per heavy atom. The lowest BCUT2D eigenvalue weighted by Gasteiger charge is -2.23. The molecule has 14 heavy (non-hydrogen) atoms. The first-order valence-electron chi connectivity index (χ1n) is 5.41. The van der Waals surface area contributed by atoms with E-state index in [1.165, 1.54) is 31.3 Å². The molecule has 1 atom stereocenters. The van der Waals surface area contributed by atoms with Crippen LogP contribution >= 0.6 is 0 Å². The standard InChI is InChI=1S/C12H21NO/c1-3-13-10-14-8-7-12-6-4-5-11(2)9-12/h3,12-13H,1-2,4-10H2. The molecule has 0 aromatic rings. The first-order valence-corrected chi connectivity index (χ1v) is 5.41. The average molecular weight is 195 g/mol. The Kier molecular flexibility index (Phi) is 5.38. The molecule has 0 bridgehead atoms. The van der Waals surface area contributed by atoms with Crippen molar-refractivity contribution in [1.29, 1.82) is 0 Å². The molecule has 1 saturated carbocycles. The first-order chi connectivity index (χ1) is 6.83. The third-order valence-corrected chi connectivity index (χ3v) is 2.72. The van der Waals surface area contributed by atoms with Gasteiger partial charge in [0.15, 0.2) is 0 Å². The van der Waals surface area contributed by atoms with E-state index in [1.54, 1.807) is 6.20 Å². The van der Waals surface area contributed by atoms with Crippen molar-refractivity contribution < 1.29 is 4.74 Å². The third kappa shape index (κ3) is 4.47. The molecule has 0 radical (unpaired) electrons. The zero-order valence-electron chi connectivity index (χ0n) is 8.93. The van der Waals surface area contributed by atoms with Crippen LogP contribution in [0.4, 0.5) is 0 Å². The predicted octanol–water partition coefficient (Wildman–Crippen LogP) is 2.83. The van der Waals surface area contributed by atoms with E-state index in [1.807, 2.05) is 0 Å². The van der Waals surface area contributed by atoms with E-state index in [0.717, 1.165) is 18.9 Å². The molecule has 0 aromatic heterocycles. The summed E-state index contributed by atoms with van der Waals surface area (Å²) < 4.78 is 5.40.